The molecule has 1 aliphatic rings. The Morgan fingerprint density at radius 2 is 1.53 bits per heavy atom. The SMILES string of the molecule is FC1C=CC(F)(P(Br)Br)C(F)(F)C1(F)F. The van der Waals surface area contributed by atoms with Crippen LogP contribution in [0.1, 0.15) is 0 Å². The lowest BCUT2D eigenvalue weighted by atomic mass is 9.95. The molecule has 2 atom stereocenters. The monoisotopic (exact) mass is 378 g/mol. The summed E-state index contributed by atoms with van der Waals surface area (Å²) < 4.78 is 77.9. The van der Waals surface area contributed by atoms with Crippen molar-refractivity contribution in [2.75, 3.05) is 0 Å². The van der Waals surface area contributed by atoms with Gasteiger partial charge in [-0.15, -0.1) is 0 Å². The van der Waals surface area contributed by atoms with Crippen LogP contribution in [0, 0.1) is 0 Å². The Morgan fingerprint density at radius 1 is 1.07 bits per heavy atom. The number of halogens is 8. The molecular weight excluding hydrogens is 377 g/mol. The van der Waals surface area contributed by atoms with Gasteiger partial charge in [-0.25, -0.2) is 8.78 Å². The third-order valence-electron chi connectivity index (χ3n) is 1.94. The summed E-state index contributed by atoms with van der Waals surface area (Å²) in [6, 6.07) is 0. The fraction of sp³-hybridized carbons (Fsp3) is 0.667. The van der Waals surface area contributed by atoms with E-state index in [1.807, 2.05) is 0 Å². The van der Waals surface area contributed by atoms with Gasteiger partial charge in [0.05, 0.1) is 5.33 Å². The number of rotatable bonds is 1. The van der Waals surface area contributed by atoms with Crippen molar-refractivity contribution in [1.29, 1.82) is 0 Å². The second kappa shape index (κ2) is 3.88. The average molecular weight is 380 g/mol. The summed E-state index contributed by atoms with van der Waals surface area (Å²) >= 11 is 4.92. The summed E-state index contributed by atoms with van der Waals surface area (Å²) in [7, 11) is 0. The maximum Gasteiger partial charge on any atom is 0.355 e. The molecule has 0 radical (unpaired) electrons. The van der Waals surface area contributed by atoms with Crippen LogP contribution in [0.25, 0.3) is 0 Å². The zero-order valence-corrected chi connectivity index (χ0v) is 10.8. The third-order valence-corrected chi connectivity index (χ3v) is 5.96. The molecule has 0 aromatic heterocycles. The van der Waals surface area contributed by atoms with E-state index in [0.29, 0.717) is 0 Å². The molecule has 88 valence electrons. The maximum absolute atomic E-state index is 13.6. The average Bonchev–Trinajstić information content (AvgIpc) is 2.10. The lowest BCUT2D eigenvalue weighted by Gasteiger charge is -2.40. The van der Waals surface area contributed by atoms with Gasteiger partial charge in [0.15, 0.2) is 6.17 Å². The highest BCUT2D eigenvalue weighted by Crippen LogP contribution is 2.72. The van der Waals surface area contributed by atoms with E-state index >= 15 is 0 Å². The molecule has 0 saturated heterocycles. The fourth-order valence-corrected chi connectivity index (χ4v) is 3.61. The Labute approximate surface area is 98.3 Å². The summed E-state index contributed by atoms with van der Waals surface area (Å²) in [6.07, 6.45) is -2.95. The summed E-state index contributed by atoms with van der Waals surface area (Å²) in [5.74, 6) is -10.2. The van der Waals surface area contributed by atoms with Crippen LogP contribution in [0.2, 0.25) is 0 Å². The molecule has 15 heavy (non-hydrogen) atoms. The molecular formula is C6H3Br2F6P. The summed E-state index contributed by atoms with van der Waals surface area (Å²) in [5, 5.41) is -6.01. The Balaban J connectivity index is 3.31. The van der Waals surface area contributed by atoms with E-state index in [1.165, 1.54) is 0 Å². The van der Waals surface area contributed by atoms with Gasteiger partial charge in [0.25, 0.3) is 0 Å². The van der Waals surface area contributed by atoms with Crippen LogP contribution in [-0.2, 0) is 0 Å². The van der Waals surface area contributed by atoms with Gasteiger partial charge in [0.2, 0.25) is 5.41 Å². The Kier molecular flexibility index (Phi) is 3.56. The van der Waals surface area contributed by atoms with Crippen molar-refractivity contribution in [3.8, 4) is 0 Å². The minimum atomic E-state index is -5.10. The third kappa shape index (κ3) is 1.76. The Hall–Kier alpha value is 0.710. The van der Waals surface area contributed by atoms with Crippen LogP contribution in [-0.4, -0.2) is 23.4 Å². The standard InChI is InChI=1S/C6H3Br2F6P/c7-15(8)4(10)2-1-3(9)5(11,12)6(4,13)14/h1-3H. The van der Waals surface area contributed by atoms with E-state index in [-0.39, 0.29) is 12.2 Å². The van der Waals surface area contributed by atoms with Crippen LogP contribution in [0.15, 0.2) is 12.2 Å². The summed E-state index contributed by atoms with van der Waals surface area (Å²) in [5.41, 5.74) is 0. The highest BCUT2D eigenvalue weighted by atomic mass is 79.9. The van der Waals surface area contributed by atoms with Gasteiger partial charge in [0, 0.05) is 0 Å². The second-order valence-electron chi connectivity index (χ2n) is 2.86. The second-order valence-corrected chi connectivity index (χ2v) is 11.1. The molecule has 0 amide bonds. The zero-order chi connectivity index (χ0) is 12.1. The number of hydrogen-bond acceptors (Lipinski definition) is 0. The largest absolute Gasteiger partial charge is 0.355 e. The van der Waals surface area contributed by atoms with Crippen LogP contribution in [0.3, 0.4) is 0 Å². The first-order chi connectivity index (χ1) is 6.57. The van der Waals surface area contributed by atoms with Gasteiger partial charge in [-0.1, -0.05) is 0 Å². The van der Waals surface area contributed by atoms with Gasteiger partial charge in [-0.05, 0) is 43.1 Å². The van der Waals surface area contributed by atoms with Crippen molar-refractivity contribution in [3.05, 3.63) is 12.2 Å². The van der Waals surface area contributed by atoms with Gasteiger partial charge >= 0.3 is 11.8 Å². The van der Waals surface area contributed by atoms with Crippen molar-refractivity contribution in [3.63, 3.8) is 0 Å². The summed E-state index contributed by atoms with van der Waals surface area (Å²) in [6.45, 7) is 0. The van der Waals surface area contributed by atoms with Gasteiger partial charge in [-0.3, -0.25) is 0 Å². The predicted molar refractivity (Wildman–Crippen MR) is 52.5 cm³/mol. The van der Waals surface area contributed by atoms with Crippen LogP contribution in [0.4, 0.5) is 26.3 Å². The predicted octanol–water partition coefficient (Wildman–Crippen LogP) is 4.93. The summed E-state index contributed by atoms with van der Waals surface area (Å²) in [4.78, 5) is 0. The topological polar surface area (TPSA) is 0 Å². The molecule has 0 aliphatic heterocycles. The van der Waals surface area contributed by atoms with Crippen molar-refractivity contribution in [2.24, 2.45) is 0 Å². The van der Waals surface area contributed by atoms with E-state index in [2.05, 4.69) is 31.0 Å². The first-order valence-corrected chi connectivity index (χ1v) is 8.85. The molecule has 1 aliphatic carbocycles. The first-order valence-electron chi connectivity index (χ1n) is 3.47. The molecule has 0 nitrogen and oxygen atoms in total. The van der Waals surface area contributed by atoms with E-state index in [4.69, 9.17) is 0 Å². The van der Waals surface area contributed by atoms with Gasteiger partial charge < -0.3 is 0 Å². The van der Waals surface area contributed by atoms with Crippen molar-refractivity contribution < 1.29 is 26.3 Å². The number of alkyl halides is 6. The zero-order valence-electron chi connectivity index (χ0n) is 6.70. The highest BCUT2D eigenvalue weighted by molar-refractivity contribution is 9.69. The van der Waals surface area contributed by atoms with Crippen LogP contribution >= 0.6 is 36.3 Å². The normalized spacial score (nSPS) is 38.3. The maximum atomic E-state index is 13.6. The number of allylic oxidation sites excluding steroid dienone is 2. The molecule has 0 fully saturated rings. The molecule has 0 N–H and O–H groups in total. The van der Waals surface area contributed by atoms with Crippen molar-refractivity contribution >= 4 is 36.3 Å². The lowest BCUT2D eigenvalue weighted by molar-refractivity contribution is -0.262. The molecule has 9 heteroatoms. The molecule has 0 spiro atoms. The van der Waals surface area contributed by atoms with E-state index in [0.717, 1.165) is 0 Å². The van der Waals surface area contributed by atoms with E-state index in [9.17, 15) is 26.3 Å². The molecule has 0 saturated carbocycles. The Bertz CT molecular complexity index is 293. The molecule has 0 heterocycles. The smallest absolute Gasteiger partial charge is 0.236 e. The molecule has 2 unspecified atom stereocenters. The Morgan fingerprint density at radius 3 is 1.93 bits per heavy atom. The van der Waals surface area contributed by atoms with E-state index < -0.39 is 28.8 Å². The highest BCUT2D eigenvalue weighted by Gasteiger charge is 2.75. The van der Waals surface area contributed by atoms with Gasteiger partial charge in [-0.2, -0.15) is 17.6 Å². The van der Waals surface area contributed by atoms with Crippen LogP contribution in [0.5, 0.6) is 0 Å². The molecule has 1 rings (SSSR count). The van der Waals surface area contributed by atoms with Gasteiger partial charge in [0.1, 0.15) is 0 Å². The van der Waals surface area contributed by atoms with Crippen molar-refractivity contribution in [2.45, 2.75) is 23.4 Å². The van der Waals surface area contributed by atoms with Crippen molar-refractivity contribution in [1.82, 2.24) is 0 Å². The quantitative estimate of drug-likeness (QED) is 0.344. The minimum Gasteiger partial charge on any atom is -0.236 e. The first kappa shape index (κ1) is 13.8. The van der Waals surface area contributed by atoms with E-state index in [1.54, 1.807) is 0 Å². The molecule has 0 bridgehead atoms. The van der Waals surface area contributed by atoms with Crippen LogP contribution < -0.4 is 0 Å². The lowest BCUT2D eigenvalue weighted by Crippen LogP contribution is -2.60. The number of hydrogen-bond donors (Lipinski definition) is 0. The fourth-order valence-electron chi connectivity index (χ4n) is 1.01. The minimum absolute atomic E-state index is 0.106. The molecule has 0 aromatic carbocycles. The molecule has 0 aromatic rings.